The molecule has 0 bridgehead atoms. The highest BCUT2D eigenvalue weighted by Gasteiger charge is 2.27. The summed E-state index contributed by atoms with van der Waals surface area (Å²) in [5.74, 6) is 1.88. The molecule has 2 heterocycles. The minimum Gasteiger partial charge on any atom is -0.488 e. The third-order valence-corrected chi connectivity index (χ3v) is 4.35. The van der Waals surface area contributed by atoms with Gasteiger partial charge in [-0.05, 0) is 49.9 Å². The summed E-state index contributed by atoms with van der Waals surface area (Å²) in [7, 11) is 0. The molecule has 0 spiro atoms. The SMILES string of the molecule is NCCC1CCCN(CC2Cc3ccccc3O2)C1. The summed E-state index contributed by atoms with van der Waals surface area (Å²) in [6, 6.07) is 8.42. The number of nitrogens with zero attached hydrogens (tertiary/aromatic N) is 1. The zero-order valence-electron chi connectivity index (χ0n) is 11.6. The molecule has 19 heavy (non-hydrogen) atoms. The van der Waals surface area contributed by atoms with E-state index in [0.29, 0.717) is 6.10 Å². The first kappa shape index (κ1) is 12.9. The van der Waals surface area contributed by atoms with E-state index in [2.05, 4.69) is 29.2 Å². The van der Waals surface area contributed by atoms with Crippen molar-refractivity contribution in [1.29, 1.82) is 0 Å². The molecule has 1 aromatic rings. The van der Waals surface area contributed by atoms with Crippen LogP contribution in [0.3, 0.4) is 0 Å². The number of piperidine rings is 1. The second kappa shape index (κ2) is 5.93. The zero-order chi connectivity index (χ0) is 13.1. The Morgan fingerprint density at radius 3 is 3.05 bits per heavy atom. The molecule has 0 saturated carbocycles. The van der Waals surface area contributed by atoms with Crippen LogP contribution in [0.4, 0.5) is 0 Å². The molecule has 2 aliphatic rings. The first-order valence-electron chi connectivity index (χ1n) is 7.52. The van der Waals surface area contributed by atoms with E-state index < -0.39 is 0 Å². The fourth-order valence-corrected chi connectivity index (χ4v) is 3.43. The van der Waals surface area contributed by atoms with Gasteiger partial charge in [-0.3, -0.25) is 4.90 Å². The largest absolute Gasteiger partial charge is 0.488 e. The molecular weight excluding hydrogens is 236 g/mol. The predicted molar refractivity (Wildman–Crippen MR) is 77.4 cm³/mol. The first-order chi connectivity index (χ1) is 9.35. The van der Waals surface area contributed by atoms with Gasteiger partial charge in [-0.2, -0.15) is 0 Å². The van der Waals surface area contributed by atoms with Crippen LogP contribution in [0.5, 0.6) is 5.75 Å². The number of fused-ring (bicyclic) bond motifs is 1. The van der Waals surface area contributed by atoms with Crippen molar-refractivity contribution in [1.82, 2.24) is 4.90 Å². The monoisotopic (exact) mass is 260 g/mol. The average Bonchev–Trinajstić information content (AvgIpc) is 2.81. The molecule has 2 unspecified atom stereocenters. The number of rotatable bonds is 4. The molecular formula is C16H24N2O. The van der Waals surface area contributed by atoms with Gasteiger partial charge in [0.25, 0.3) is 0 Å². The van der Waals surface area contributed by atoms with Crippen molar-refractivity contribution in [3.05, 3.63) is 29.8 Å². The molecule has 0 aliphatic carbocycles. The minimum absolute atomic E-state index is 0.342. The fourth-order valence-electron chi connectivity index (χ4n) is 3.43. The number of para-hydroxylation sites is 1. The number of benzene rings is 1. The standard InChI is InChI=1S/C16H24N2O/c17-8-7-13-4-3-9-18(11-13)12-15-10-14-5-1-2-6-16(14)19-15/h1-2,5-6,13,15H,3-4,7-12,17H2. The second-order valence-corrected chi connectivity index (χ2v) is 5.90. The van der Waals surface area contributed by atoms with Gasteiger partial charge < -0.3 is 10.5 Å². The lowest BCUT2D eigenvalue weighted by atomic mass is 9.94. The van der Waals surface area contributed by atoms with Gasteiger partial charge in [0.15, 0.2) is 0 Å². The molecule has 0 amide bonds. The lowest BCUT2D eigenvalue weighted by Crippen LogP contribution is -2.41. The van der Waals surface area contributed by atoms with Gasteiger partial charge in [0.2, 0.25) is 0 Å². The van der Waals surface area contributed by atoms with Gasteiger partial charge in [-0.25, -0.2) is 0 Å². The molecule has 1 aromatic carbocycles. The Balaban J connectivity index is 1.53. The van der Waals surface area contributed by atoms with Gasteiger partial charge in [0.1, 0.15) is 11.9 Å². The van der Waals surface area contributed by atoms with E-state index in [-0.39, 0.29) is 0 Å². The number of hydrogen-bond acceptors (Lipinski definition) is 3. The van der Waals surface area contributed by atoms with Crippen LogP contribution in [0.1, 0.15) is 24.8 Å². The highest BCUT2D eigenvalue weighted by atomic mass is 16.5. The van der Waals surface area contributed by atoms with Gasteiger partial charge >= 0.3 is 0 Å². The van der Waals surface area contributed by atoms with Crippen molar-refractivity contribution in [3.8, 4) is 5.75 Å². The second-order valence-electron chi connectivity index (χ2n) is 5.90. The Labute approximate surface area is 115 Å². The summed E-state index contributed by atoms with van der Waals surface area (Å²) in [6.07, 6.45) is 5.23. The van der Waals surface area contributed by atoms with Crippen LogP contribution in [-0.2, 0) is 6.42 Å². The van der Waals surface area contributed by atoms with Crippen LogP contribution < -0.4 is 10.5 Å². The topological polar surface area (TPSA) is 38.5 Å². The van der Waals surface area contributed by atoms with Crippen molar-refractivity contribution in [2.45, 2.75) is 31.8 Å². The molecule has 0 radical (unpaired) electrons. The van der Waals surface area contributed by atoms with E-state index in [1.807, 2.05) is 0 Å². The average molecular weight is 260 g/mol. The predicted octanol–water partition coefficient (Wildman–Crippen LogP) is 2.05. The molecule has 1 fully saturated rings. The molecule has 2 N–H and O–H groups in total. The number of likely N-dealkylation sites (tertiary alicyclic amines) is 1. The zero-order valence-corrected chi connectivity index (χ0v) is 11.6. The Morgan fingerprint density at radius 1 is 1.32 bits per heavy atom. The van der Waals surface area contributed by atoms with Crippen LogP contribution in [0.25, 0.3) is 0 Å². The lowest BCUT2D eigenvalue weighted by Gasteiger charge is -2.33. The third kappa shape index (κ3) is 3.10. The Bertz CT molecular complexity index is 394. The maximum Gasteiger partial charge on any atom is 0.123 e. The van der Waals surface area contributed by atoms with E-state index in [0.717, 1.165) is 31.2 Å². The van der Waals surface area contributed by atoms with E-state index in [9.17, 15) is 0 Å². The van der Waals surface area contributed by atoms with Crippen molar-refractivity contribution < 1.29 is 4.74 Å². The number of ether oxygens (including phenoxy) is 1. The summed E-state index contributed by atoms with van der Waals surface area (Å²) < 4.78 is 6.04. The molecule has 0 aromatic heterocycles. The van der Waals surface area contributed by atoms with E-state index >= 15 is 0 Å². The van der Waals surface area contributed by atoms with Gasteiger partial charge in [0.05, 0.1) is 0 Å². The van der Waals surface area contributed by atoms with E-state index in [1.165, 1.54) is 37.9 Å². The highest BCUT2D eigenvalue weighted by molar-refractivity contribution is 5.37. The van der Waals surface area contributed by atoms with Crippen LogP contribution in [0, 0.1) is 5.92 Å². The van der Waals surface area contributed by atoms with Crippen LogP contribution >= 0.6 is 0 Å². The number of nitrogens with two attached hydrogens (primary N) is 1. The summed E-state index contributed by atoms with van der Waals surface area (Å²) >= 11 is 0. The lowest BCUT2D eigenvalue weighted by molar-refractivity contribution is 0.109. The molecule has 2 aliphatic heterocycles. The summed E-state index contributed by atoms with van der Waals surface area (Å²) in [4.78, 5) is 2.57. The number of hydrogen-bond donors (Lipinski definition) is 1. The molecule has 3 nitrogen and oxygen atoms in total. The molecule has 1 saturated heterocycles. The van der Waals surface area contributed by atoms with Crippen molar-refractivity contribution in [3.63, 3.8) is 0 Å². The van der Waals surface area contributed by atoms with Gasteiger partial charge in [0, 0.05) is 19.5 Å². The minimum atomic E-state index is 0.342. The van der Waals surface area contributed by atoms with Crippen molar-refractivity contribution in [2.75, 3.05) is 26.2 Å². The van der Waals surface area contributed by atoms with Crippen LogP contribution in [0.15, 0.2) is 24.3 Å². The molecule has 2 atom stereocenters. The van der Waals surface area contributed by atoms with Crippen molar-refractivity contribution in [2.24, 2.45) is 11.7 Å². The quantitative estimate of drug-likeness (QED) is 0.900. The van der Waals surface area contributed by atoms with Gasteiger partial charge in [-0.1, -0.05) is 18.2 Å². The van der Waals surface area contributed by atoms with E-state index in [4.69, 9.17) is 10.5 Å². The highest BCUT2D eigenvalue weighted by Crippen LogP contribution is 2.29. The van der Waals surface area contributed by atoms with Crippen molar-refractivity contribution >= 4 is 0 Å². The van der Waals surface area contributed by atoms with E-state index in [1.54, 1.807) is 0 Å². The summed E-state index contributed by atoms with van der Waals surface area (Å²) in [5, 5.41) is 0. The molecule has 3 heteroatoms. The maximum atomic E-state index is 6.04. The Morgan fingerprint density at radius 2 is 2.21 bits per heavy atom. The summed E-state index contributed by atoms with van der Waals surface area (Å²) in [6.45, 7) is 4.31. The molecule has 3 rings (SSSR count). The summed E-state index contributed by atoms with van der Waals surface area (Å²) in [5.41, 5.74) is 7.05. The van der Waals surface area contributed by atoms with Gasteiger partial charge in [-0.15, -0.1) is 0 Å². The van der Waals surface area contributed by atoms with Crippen LogP contribution in [-0.4, -0.2) is 37.2 Å². The normalized spacial score (nSPS) is 27.0. The smallest absolute Gasteiger partial charge is 0.123 e. The molecule has 104 valence electrons. The first-order valence-corrected chi connectivity index (χ1v) is 7.52. The maximum absolute atomic E-state index is 6.04. The van der Waals surface area contributed by atoms with Crippen LogP contribution in [0.2, 0.25) is 0 Å². The third-order valence-electron chi connectivity index (χ3n) is 4.35. The Kier molecular flexibility index (Phi) is 4.04. The fraction of sp³-hybridized carbons (Fsp3) is 0.625. The Hall–Kier alpha value is -1.06.